The molecule has 0 radical (unpaired) electrons. The first-order valence-corrected chi connectivity index (χ1v) is 5.43. The molecule has 1 aliphatic rings. The van der Waals surface area contributed by atoms with Crippen molar-refractivity contribution >= 4 is 5.97 Å². The molecule has 0 aromatic rings. The van der Waals surface area contributed by atoms with Crippen LogP contribution in [0.4, 0.5) is 0 Å². The molecular weight excluding hydrogens is 212 g/mol. The van der Waals surface area contributed by atoms with Crippen molar-refractivity contribution in [3.05, 3.63) is 0 Å². The lowest BCUT2D eigenvalue weighted by Gasteiger charge is -2.09. The third kappa shape index (κ3) is 9.89. The molecule has 0 bridgehead atoms. The Hall–Kier alpha value is -0.650. The minimum absolute atomic E-state index is 0. The van der Waals surface area contributed by atoms with Crippen molar-refractivity contribution in [3.8, 4) is 0 Å². The van der Waals surface area contributed by atoms with Crippen molar-refractivity contribution in [2.45, 2.75) is 58.8 Å². The highest BCUT2D eigenvalue weighted by Crippen LogP contribution is 2.10. The smallest absolute Gasteiger partial charge is 0.332 e. The second kappa shape index (κ2) is 9.57. The van der Waals surface area contributed by atoms with Gasteiger partial charge in [0.25, 0.3) is 0 Å². The summed E-state index contributed by atoms with van der Waals surface area (Å²) in [5.74, 6) is -0.831. The number of rotatable bonds is 3. The zero-order valence-electron chi connectivity index (χ0n) is 10.5. The lowest BCUT2D eigenvalue weighted by Crippen LogP contribution is -2.17. The molecule has 0 aromatic heterocycles. The molecule has 1 heterocycles. The van der Waals surface area contributed by atoms with Gasteiger partial charge in [0.15, 0.2) is 6.10 Å². The average molecular weight is 236 g/mol. The van der Waals surface area contributed by atoms with E-state index in [1.54, 1.807) is 0 Å². The molecule has 0 aromatic carbocycles. The molecular formula is C11H24O5. The second-order valence-corrected chi connectivity index (χ2v) is 4.07. The third-order valence-corrected chi connectivity index (χ3v) is 1.75. The maximum atomic E-state index is 10.1. The quantitative estimate of drug-likeness (QED) is 0.798. The van der Waals surface area contributed by atoms with E-state index in [2.05, 4.69) is 0 Å². The molecule has 1 fully saturated rings. The van der Waals surface area contributed by atoms with Crippen molar-refractivity contribution in [2.24, 2.45) is 0 Å². The van der Waals surface area contributed by atoms with Crippen LogP contribution in [0.15, 0.2) is 0 Å². The topological polar surface area (TPSA) is 87.3 Å². The summed E-state index contributed by atoms with van der Waals surface area (Å²) in [4.78, 5) is 10.1. The van der Waals surface area contributed by atoms with Crippen LogP contribution in [0, 0.1) is 0 Å². The highest BCUT2D eigenvalue weighted by atomic mass is 16.5. The highest BCUT2D eigenvalue weighted by molar-refractivity contribution is 5.72. The summed E-state index contributed by atoms with van der Waals surface area (Å²) in [7, 11) is 0. The van der Waals surface area contributed by atoms with Gasteiger partial charge in [0.2, 0.25) is 0 Å². The number of hydrogen-bond donors (Lipinski definition) is 1. The predicted molar refractivity (Wildman–Crippen MR) is 61.6 cm³/mol. The van der Waals surface area contributed by atoms with Gasteiger partial charge < -0.3 is 20.1 Å². The van der Waals surface area contributed by atoms with E-state index in [1.807, 2.05) is 27.7 Å². The SMILES string of the molecule is CC(C)OC(C)C.O.O=C(O)C1CCCO1. The predicted octanol–water partition coefficient (Wildman–Crippen LogP) is 1.25. The largest absolute Gasteiger partial charge is 0.479 e. The van der Waals surface area contributed by atoms with E-state index in [0.717, 1.165) is 6.42 Å². The molecule has 0 saturated carbocycles. The lowest BCUT2D eigenvalue weighted by atomic mass is 10.2. The van der Waals surface area contributed by atoms with Crippen molar-refractivity contribution in [2.75, 3.05) is 6.61 Å². The summed E-state index contributed by atoms with van der Waals surface area (Å²) in [5.41, 5.74) is 0. The van der Waals surface area contributed by atoms with Gasteiger partial charge in [-0.2, -0.15) is 0 Å². The summed E-state index contributed by atoms with van der Waals surface area (Å²) in [6.07, 6.45) is 1.79. The molecule has 5 heteroatoms. The van der Waals surface area contributed by atoms with Gasteiger partial charge in [-0.1, -0.05) is 0 Å². The fourth-order valence-corrected chi connectivity index (χ4v) is 1.32. The zero-order valence-corrected chi connectivity index (χ0v) is 10.5. The van der Waals surface area contributed by atoms with Crippen LogP contribution in [0.2, 0.25) is 0 Å². The number of hydrogen-bond acceptors (Lipinski definition) is 3. The summed E-state index contributed by atoms with van der Waals surface area (Å²) >= 11 is 0. The summed E-state index contributed by atoms with van der Waals surface area (Å²) < 4.78 is 10.1. The van der Waals surface area contributed by atoms with Crippen LogP contribution in [0.1, 0.15) is 40.5 Å². The van der Waals surface area contributed by atoms with Crippen LogP contribution in [0.5, 0.6) is 0 Å². The molecule has 0 aliphatic carbocycles. The van der Waals surface area contributed by atoms with Crippen LogP contribution < -0.4 is 0 Å². The Morgan fingerprint density at radius 2 is 1.81 bits per heavy atom. The maximum absolute atomic E-state index is 10.1. The van der Waals surface area contributed by atoms with E-state index in [-0.39, 0.29) is 5.48 Å². The van der Waals surface area contributed by atoms with Gasteiger partial charge in [-0.05, 0) is 40.5 Å². The van der Waals surface area contributed by atoms with E-state index >= 15 is 0 Å². The first kappa shape index (κ1) is 17.7. The van der Waals surface area contributed by atoms with Crippen molar-refractivity contribution < 1.29 is 24.9 Å². The average Bonchev–Trinajstić information content (AvgIpc) is 2.52. The standard InChI is InChI=1S/C6H14O.C5H8O3.H2O/c1-5(2)7-6(3)4;6-5(7)4-2-1-3-8-4;/h5-6H,1-4H3;4H,1-3H2,(H,6,7);1H2. The molecule has 98 valence electrons. The molecule has 5 nitrogen and oxygen atoms in total. The van der Waals surface area contributed by atoms with Gasteiger partial charge in [0.1, 0.15) is 0 Å². The Kier molecular flexibility index (Phi) is 10.6. The van der Waals surface area contributed by atoms with Crippen LogP contribution >= 0.6 is 0 Å². The third-order valence-electron chi connectivity index (χ3n) is 1.75. The minimum Gasteiger partial charge on any atom is -0.479 e. The number of aliphatic carboxylic acids is 1. The van der Waals surface area contributed by atoms with Crippen molar-refractivity contribution in [1.82, 2.24) is 0 Å². The first-order chi connectivity index (χ1) is 6.93. The highest BCUT2D eigenvalue weighted by Gasteiger charge is 2.21. The van der Waals surface area contributed by atoms with E-state index < -0.39 is 12.1 Å². The van der Waals surface area contributed by atoms with E-state index in [1.165, 1.54) is 0 Å². The monoisotopic (exact) mass is 236 g/mol. The van der Waals surface area contributed by atoms with Gasteiger partial charge in [0.05, 0.1) is 12.2 Å². The van der Waals surface area contributed by atoms with E-state index in [0.29, 0.717) is 25.2 Å². The molecule has 1 rings (SSSR count). The Morgan fingerprint density at radius 3 is 1.94 bits per heavy atom. The van der Waals surface area contributed by atoms with Crippen LogP contribution in [-0.4, -0.2) is 41.5 Å². The molecule has 1 unspecified atom stereocenters. The minimum atomic E-state index is -0.831. The molecule has 1 saturated heterocycles. The van der Waals surface area contributed by atoms with Gasteiger partial charge in [-0.25, -0.2) is 4.79 Å². The van der Waals surface area contributed by atoms with Gasteiger partial charge in [0, 0.05) is 6.61 Å². The molecule has 3 N–H and O–H groups in total. The summed E-state index contributed by atoms with van der Waals surface area (Å²) in [5, 5.41) is 8.29. The fourth-order valence-electron chi connectivity index (χ4n) is 1.32. The molecule has 0 spiro atoms. The Bertz CT molecular complexity index is 167. The van der Waals surface area contributed by atoms with E-state index in [9.17, 15) is 4.79 Å². The number of carboxylic acids is 1. The van der Waals surface area contributed by atoms with Crippen LogP contribution in [-0.2, 0) is 14.3 Å². The first-order valence-electron chi connectivity index (χ1n) is 5.43. The number of carboxylic acid groups (broad SMARTS) is 1. The van der Waals surface area contributed by atoms with Gasteiger partial charge >= 0.3 is 5.97 Å². The maximum Gasteiger partial charge on any atom is 0.332 e. The summed E-state index contributed by atoms with van der Waals surface area (Å²) in [6.45, 7) is 8.77. The molecule has 1 aliphatic heterocycles. The second-order valence-electron chi connectivity index (χ2n) is 4.07. The molecule has 0 amide bonds. The van der Waals surface area contributed by atoms with E-state index in [4.69, 9.17) is 14.6 Å². The van der Waals surface area contributed by atoms with Crippen LogP contribution in [0.3, 0.4) is 0 Å². The molecule has 1 atom stereocenters. The lowest BCUT2D eigenvalue weighted by molar-refractivity contribution is -0.147. The number of carbonyl (C=O) groups is 1. The van der Waals surface area contributed by atoms with Crippen LogP contribution in [0.25, 0.3) is 0 Å². The normalized spacial score (nSPS) is 19.0. The van der Waals surface area contributed by atoms with Crippen molar-refractivity contribution in [3.63, 3.8) is 0 Å². The zero-order chi connectivity index (χ0) is 11.8. The molecule has 16 heavy (non-hydrogen) atoms. The summed E-state index contributed by atoms with van der Waals surface area (Å²) in [6, 6.07) is 0. The fraction of sp³-hybridized carbons (Fsp3) is 0.909. The van der Waals surface area contributed by atoms with Gasteiger partial charge in [-0.3, -0.25) is 0 Å². The Balaban J connectivity index is 0. The Morgan fingerprint density at radius 1 is 1.31 bits per heavy atom. The number of ether oxygens (including phenoxy) is 2. The van der Waals surface area contributed by atoms with Crippen molar-refractivity contribution in [1.29, 1.82) is 0 Å². The Labute approximate surface area is 97.1 Å². The van der Waals surface area contributed by atoms with Gasteiger partial charge in [-0.15, -0.1) is 0 Å².